The fourth-order valence-electron chi connectivity index (χ4n) is 1.97. The highest BCUT2D eigenvalue weighted by atomic mass is 16.5. The largest absolute Gasteiger partial charge is 0.382 e. The Hall–Kier alpha value is -1.85. The number of H-pyrrole nitrogens is 1. The van der Waals surface area contributed by atoms with Crippen molar-refractivity contribution >= 4 is 16.8 Å². The van der Waals surface area contributed by atoms with Crippen molar-refractivity contribution in [1.29, 1.82) is 0 Å². The molecule has 0 bridgehead atoms. The number of aromatic nitrogens is 1. The van der Waals surface area contributed by atoms with Gasteiger partial charge in [0.1, 0.15) is 0 Å². The summed E-state index contributed by atoms with van der Waals surface area (Å²) in [7, 11) is 3.20. The topological polar surface area (TPSA) is 63.3 Å². The molecule has 2 aromatic rings. The number of rotatable bonds is 6. The zero-order valence-electron chi connectivity index (χ0n) is 11.1. The number of benzene rings is 1. The maximum atomic E-state index is 12.2. The number of carbonyl (C=O) groups is 1. The smallest absolute Gasteiger partial charge is 0.253 e. The molecular formula is C14H18N2O3. The summed E-state index contributed by atoms with van der Waals surface area (Å²) in [6.07, 6.45) is 1.68. The van der Waals surface area contributed by atoms with E-state index in [0.717, 1.165) is 10.9 Å². The molecule has 2 rings (SSSR count). The second-order valence-electron chi connectivity index (χ2n) is 4.27. The van der Waals surface area contributed by atoms with Gasteiger partial charge in [-0.1, -0.05) is 12.1 Å². The highest BCUT2D eigenvalue weighted by Crippen LogP contribution is 2.16. The van der Waals surface area contributed by atoms with Gasteiger partial charge in [-0.2, -0.15) is 0 Å². The van der Waals surface area contributed by atoms with Crippen LogP contribution in [-0.2, 0) is 9.47 Å². The van der Waals surface area contributed by atoms with Crippen molar-refractivity contribution in [2.45, 2.75) is 6.10 Å². The van der Waals surface area contributed by atoms with E-state index in [1.165, 1.54) is 0 Å². The number of carbonyl (C=O) groups excluding carboxylic acids is 1. The Morgan fingerprint density at radius 3 is 2.95 bits per heavy atom. The monoisotopic (exact) mass is 262 g/mol. The molecular weight excluding hydrogens is 244 g/mol. The third kappa shape index (κ3) is 3.13. The summed E-state index contributed by atoms with van der Waals surface area (Å²) in [5, 5.41) is 3.87. The summed E-state index contributed by atoms with van der Waals surface area (Å²) in [4.78, 5) is 15.2. The number of nitrogens with one attached hydrogen (secondary N) is 2. The summed E-state index contributed by atoms with van der Waals surface area (Å²) in [6, 6.07) is 7.57. The quantitative estimate of drug-likeness (QED) is 0.830. The van der Waals surface area contributed by atoms with E-state index in [1.54, 1.807) is 20.3 Å². The van der Waals surface area contributed by atoms with Crippen molar-refractivity contribution in [3.05, 3.63) is 36.0 Å². The van der Waals surface area contributed by atoms with Crippen LogP contribution in [0, 0.1) is 0 Å². The predicted octanol–water partition coefficient (Wildman–Crippen LogP) is 1.56. The van der Waals surface area contributed by atoms with Crippen molar-refractivity contribution < 1.29 is 14.3 Å². The molecule has 1 amide bonds. The predicted molar refractivity (Wildman–Crippen MR) is 73.3 cm³/mol. The summed E-state index contributed by atoms with van der Waals surface area (Å²) >= 11 is 0. The molecule has 2 N–H and O–H groups in total. The molecule has 5 heteroatoms. The van der Waals surface area contributed by atoms with Gasteiger partial charge in [-0.05, 0) is 12.1 Å². The first-order valence-corrected chi connectivity index (χ1v) is 6.12. The van der Waals surface area contributed by atoms with Crippen LogP contribution in [0.3, 0.4) is 0 Å². The molecule has 0 saturated heterocycles. The molecule has 0 radical (unpaired) electrons. The number of methoxy groups -OCH3 is 2. The van der Waals surface area contributed by atoms with Crippen LogP contribution < -0.4 is 5.32 Å². The number of hydrogen-bond acceptors (Lipinski definition) is 3. The Bertz CT molecular complexity index is 550. The normalized spacial score (nSPS) is 12.5. The second-order valence-corrected chi connectivity index (χ2v) is 4.27. The Kier molecular flexibility index (Phi) is 4.54. The summed E-state index contributed by atoms with van der Waals surface area (Å²) in [5.41, 5.74) is 1.48. The molecule has 1 heterocycles. The Balaban J connectivity index is 2.05. The van der Waals surface area contributed by atoms with Gasteiger partial charge in [-0.3, -0.25) is 4.79 Å². The molecule has 0 aliphatic carbocycles. The molecule has 1 atom stereocenters. The van der Waals surface area contributed by atoms with Gasteiger partial charge in [0.25, 0.3) is 5.91 Å². The summed E-state index contributed by atoms with van der Waals surface area (Å²) in [5.74, 6) is -0.119. The number of fused-ring (bicyclic) bond motifs is 1. The number of hydrogen-bond donors (Lipinski definition) is 2. The van der Waals surface area contributed by atoms with Crippen molar-refractivity contribution in [3.63, 3.8) is 0 Å². The van der Waals surface area contributed by atoms with Crippen LogP contribution in [0.2, 0.25) is 0 Å². The van der Waals surface area contributed by atoms with Crippen LogP contribution >= 0.6 is 0 Å². The number of amides is 1. The van der Waals surface area contributed by atoms with E-state index >= 15 is 0 Å². The minimum absolute atomic E-state index is 0.119. The molecule has 5 nitrogen and oxygen atoms in total. The lowest BCUT2D eigenvalue weighted by atomic mass is 10.1. The maximum Gasteiger partial charge on any atom is 0.253 e. The van der Waals surface area contributed by atoms with Gasteiger partial charge in [0.15, 0.2) is 0 Å². The highest BCUT2D eigenvalue weighted by Gasteiger charge is 2.13. The van der Waals surface area contributed by atoms with Crippen LogP contribution in [0.25, 0.3) is 10.9 Å². The van der Waals surface area contributed by atoms with E-state index in [1.807, 2.05) is 24.4 Å². The molecule has 0 spiro atoms. The van der Waals surface area contributed by atoms with Gasteiger partial charge in [0.05, 0.1) is 23.8 Å². The van der Waals surface area contributed by atoms with Gasteiger partial charge in [-0.15, -0.1) is 0 Å². The zero-order valence-corrected chi connectivity index (χ0v) is 11.1. The van der Waals surface area contributed by atoms with Gasteiger partial charge < -0.3 is 19.8 Å². The summed E-state index contributed by atoms with van der Waals surface area (Å²) < 4.78 is 10.2. The lowest BCUT2D eigenvalue weighted by Gasteiger charge is -2.15. The van der Waals surface area contributed by atoms with Crippen molar-refractivity contribution in [2.75, 3.05) is 27.4 Å². The SMILES string of the molecule is COCC(CNC(=O)c1cccc2cc[nH]c12)OC. The average Bonchev–Trinajstić information content (AvgIpc) is 2.91. The number of para-hydroxylation sites is 1. The molecule has 19 heavy (non-hydrogen) atoms. The van der Waals surface area contributed by atoms with E-state index in [2.05, 4.69) is 10.3 Å². The first kappa shape index (κ1) is 13.6. The maximum absolute atomic E-state index is 12.2. The zero-order chi connectivity index (χ0) is 13.7. The molecule has 1 aromatic carbocycles. The average molecular weight is 262 g/mol. The van der Waals surface area contributed by atoms with Gasteiger partial charge in [0, 0.05) is 32.3 Å². The van der Waals surface area contributed by atoms with E-state index in [4.69, 9.17) is 9.47 Å². The van der Waals surface area contributed by atoms with Gasteiger partial charge in [-0.25, -0.2) is 0 Å². The number of aromatic amines is 1. The van der Waals surface area contributed by atoms with Gasteiger partial charge in [0.2, 0.25) is 0 Å². The van der Waals surface area contributed by atoms with Crippen LogP contribution in [-0.4, -0.2) is 44.4 Å². The first-order chi connectivity index (χ1) is 9.26. The lowest BCUT2D eigenvalue weighted by molar-refractivity contribution is 0.0285. The van der Waals surface area contributed by atoms with Crippen molar-refractivity contribution in [3.8, 4) is 0 Å². The standard InChI is InChI=1S/C14H18N2O3/c1-18-9-11(19-2)8-16-14(17)12-5-3-4-10-6-7-15-13(10)12/h3-7,11,15H,8-9H2,1-2H3,(H,16,17). The number of ether oxygens (including phenoxy) is 2. The van der Waals surface area contributed by atoms with E-state index < -0.39 is 0 Å². The minimum Gasteiger partial charge on any atom is -0.382 e. The highest BCUT2D eigenvalue weighted by molar-refractivity contribution is 6.05. The van der Waals surface area contributed by atoms with Crippen molar-refractivity contribution in [1.82, 2.24) is 10.3 Å². The Labute approximate surface area is 111 Å². The molecule has 0 fully saturated rings. The molecule has 0 saturated carbocycles. The van der Waals surface area contributed by atoms with Crippen LogP contribution in [0.5, 0.6) is 0 Å². The van der Waals surface area contributed by atoms with Crippen LogP contribution in [0.15, 0.2) is 30.5 Å². The van der Waals surface area contributed by atoms with E-state index in [0.29, 0.717) is 18.7 Å². The van der Waals surface area contributed by atoms with Crippen molar-refractivity contribution in [2.24, 2.45) is 0 Å². The van der Waals surface area contributed by atoms with E-state index in [-0.39, 0.29) is 12.0 Å². The van der Waals surface area contributed by atoms with Gasteiger partial charge >= 0.3 is 0 Å². The van der Waals surface area contributed by atoms with Crippen LogP contribution in [0.4, 0.5) is 0 Å². The molecule has 1 unspecified atom stereocenters. The molecule has 0 aliphatic rings. The Morgan fingerprint density at radius 2 is 2.21 bits per heavy atom. The summed E-state index contributed by atoms with van der Waals surface area (Å²) in [6.45, 7) is 0.865. The molecule has 0 aliphatic heterocycles. The van der Waals surface area contributed by atoms with Crippen LogP contribution in [0.1, 0.15) is 10.4 Å². The third-order valence-corrected chi connectivity index (χ3v) is 3.01. The Morgan fingerprint density at radius 1 is 1.37 bits per heavy atom. The molecule has 1 aromatic heterocycles. The first-order valence-electron chi connectivity index (χ1n) is 6.12. The fraction of sp³-hybridized carbons (Fsp3) is 0.357. The minimum atomic E-state index is -0.142. The molecule has 102 valence electrons. The second kappa shape index (κ2) is 6.36. The van der Waals surface area contributed by atoms with E-state index in [9.17, 15) is 4.79 Å². The fourth-order valence-corrected chi connectivity index (χ4v) is 1.97. The third-order valence-electron chi connectivity index (χ3n) is 3.01. The lowest BCUT2D eigenvalue weighted by Crippen LogP contribution is -2.35.